The van der Waals surface area contributed by atoms with Crippen LogP contribution in [0.4, 0.5) is 5.69 Å². The predicted molar refractivity (Wildman–Crippen MR) is 83.6 cm³/mol. The summed E-state index contributed by atoms with van der Waals surface area (Å²) in [6.45, 7) is 4.81. The Balaban J connectivity index is 1.94. The number of amides is 1. The molecule has 3 N–H and O–H groups in total. The van der Waals surface area contributed by atoms with Gasteiger partial charge in [-0.2, -0.15) is 0 Å². The maximum atomic E-state index is 12.4. The van der Waals surface area contributed by atoms with Crippen LogP contribution in [0, 0.1) is 11.3 Å². The van der Waals surface area contributed by atoms with E-state index in [2.05, 4.69) is 31.3 Å². The van der Waals surface area contributed by atoms with E-state index in [4.69, 9.17) is 5.73 Å². The molecule has 1 aliphatic rings. The van der Waals surface area contributed by atoms with Crippen molar-refractivity contribution in [2.24, 2.45) is 17.1 Å². The molecule has 1 aromatic rings. The van der Waals surface area contributed by atoms with Crippen LogP contribution >= 0.6 is 0 Å². The highest BCUT2D eigenvalue weighted by molar-refractivity contribution is 5.96. The standard InChI is InChI=1S/C17H26N2O/c1-3-4-5-14-6-8-15(9-7-14)19-16(20)17(12-18)10-13(2)11-17/h6-9,13H,3-5,10-12,18H2,1-2H3,(H,19,20). The Bertz CT molecular complexity index is 447. The summed E-state index contributed by atoms with van der Waals surface area (Å²) in [5.74, 6) is 0.695. The molecule has 1 aliphatic carbocycles. The number of unbranched alkanes of at least 4 members (excludes halogenated alkanes) is 1. The van der Waals surface area contributed by atoms with Crippen molar-refractivity contribution in [2.75, 3.05) is 11.9 Å². The number of anilines is 1. The molecule has 1 fully saturated rings. The molecule has 1 amide bonds. The third-order valence-electron chi connectivity index (χ3n) is 4.38. The van der Waals surface area contributed by atoms with Crippen molar-refractivity contribution in [3.63, 3.8) is 0 Å². The van der Waals surface area contributed by atoms with Crippen molar-refractivity contribution in [1.29, 1.82) is 0 Å². The zero-order valence-corrected chi connectivity index (χ0v) is 12.6. The second kappa shape index (κ2) is 6.40. The lowest BCUT2D eigenvalue weighted by molar-refractivity contribution is -0.132. The summed E-state index contributed by atoms with van der Waals surface area (Å²) in [6.07, 6.45) is 5.33. The van der Waals surface area contributed by atoms with Crippen LogP contribution in [-0.4, -0.2) is 12.5 Å². The first-order valence-corrected chi connectivity index (χ1v) is 7.70. The summed E-state index contributed by atoms with van der Waals surface area (Å²) in [5, 5.41) is 3.02. The Hall–Kier alpha value is -1.35. The number of hydrogen-bond donors (Lipinski definition) is 2. The van der Waals surface area contributed by atoms with E-state index in [1.165, 1.54) is 18.4 Å². The average molecular weight is 274 g/mol. The number of nitrogens with two attached hydrogens (primary N) is 1. The van der Waals surface area contributed by atoms with E-state index < -0.39 is 0 Å². The minimum Gasteiger partial charge on any atom is -0.329 e. The van der Waals surface area contributed by atoms with E-state index in [1.807, 2.05) is 12.1 Å². The fourth-order valence-electron chi connectivity index (χ4n) is 3.12. The van der Waals surface area contributed by atoms with Gasteiger partial charge in [-0.3, -0.25) is 4.79 Å². The second-order valence-electron chi connectivity index (χ2n) is 6.25. The van der Waals surface area contributed by atoms with Crippen LogP contribution in [0.15, 0.2) is 24.3 Å². The van der Waals surface area contributed by atoms with Gasteiger partial charge in [-0.25, -0.2) is 0 Å². The van der Waals surface area contributed by atoms with Gasteiger partial charge in [-0.05, 0) is 49.3 Å². The molecule has 0 spiro atoms. The van der Waals surface area contributed by atoms with Gasteiger partial charge in [0.25, 0.3) is 0 Å². The van der Waals surface area contributed by atoms with Crippen molar-refractivity contribution in [1.82, 2.24) is 0 Å². The summed E-state index contributed by atoms with van der Waals surface area (Å²) in [6, 6.07) is 8.19. The minimum absolute atomic E-state index is 0.0828. The van der Waals surface area contributed by atoms with Crippen molar-refractivity contribution >= 4 is 11.6 Å². The quantitative estimate of drug-likeness (QED) is 0.836. The van der Waals surface area contributed by atoms with E-state index >= 15 is 0 Å². The highest BCUT2D eigenvalue weighted by Crippen LogP contribution is 2.45. The number of aryl methyl sites for hydroxylation is 1. The van der Waals surface area contributed by atoms with Crippen LogP contribution in [0.5, 0.6) is 0 Å². The van der Waals surface area contributed by atoms with Crippen LogP contribution in [0.3, 0.4) is 0 Å². The summed E-state index contributed by atoms with van der Waals surface area (Å²) in [5.41, 5.74) is 7.68. The molecule has 0 aliphatic heterocycles. The van der Waals surface area contributed by atoms with Gasteiger partial charge in [0.15, 0.2) is 0 Å². The Labute approximate surface area is 121 Å². The number of carbonyl (C=O) groups is 1. The fourth-order valence-corrected chi connectivity index (χ4v) is 3.12. The Kier molecular flexibility index (Phi) is 4.81. The lowest BCUT2D eigenvalue weighted by atomic mass is 9.62. The minimum atomic E-state index is -0.333. The predicted octanol–water partition coefficient (Wildman–Crippen LogP) is 3.34. The molecule has 0 bridgehead atoms. The SMILES string of the molecule is CCCCc1ccc(NC(=O)C2(CN)CC(C)C2)cc1. The lowest BCUT2D eigenvalue weighted by Crippen LogP contribution is -2.51. The molecule has 2 rings (SSSR count). The molecule has 0 heterocycles. The van der Waals surface area contributed by atoms with Gasteiger partial charge in [-0.1, -0.05) is 32.4 Å². The molecule has 110 valence electrons. The Morgan fingerprint density at radius 2 is 2.00 bits per heavy atom. The van der Waals surface area contributed by atoms with Crippen molar-refractivity contribution < 1.29 is 4.79 Å². The summed E-state index contributed by atoms with van der Waals surface area (Å²) in [7, 11) is 0. The van der Waals surface area contributed by atoms with E-state index in [0.717, 1.165) is 24.9 Å². The van der Waals surface area contributed by atoms with E-state index in [9.17, 15) is 4.79 Å². The fraction of sp³-hybridized carbons (Fsp3) is 0.588. The van der Waals surface area contributed by atoms with Crippen LogP contribution in [0.25, 0.3) is 0 Å². The summed E-state index contributed by atoms with van der Waals surface area (Å²) < 4.78 is 0. The van der Waals surface area contributed by atoms with Crippen molar-refractivity contribution in [3.8, 4) is 0 Å². The maximum absolute atomic E-state index is 12.4. The number of nitrogens with one attached hydrogen (secondary N) is 1. The second-order valence-corrected chi connectivity index (χ2v) is 6.25. The first kappa shape index (κ1) is 15.0. The molecule has 0 atom stereocenters. The van der Waals surface area contributed by atoms with Gasteiger partial charge in [0, 0.05) is 12.2 Å². The molecular weight excluding hydrogens is 248 g/mol. The average Bonchev–Trinajstić information content (AvgIpc) is 2.42. The largest absolute Gasteiger partial charge is 0.329 e. The normalized spacial score (nSPS) is 25.1. The van der Waals surface area contributed by atoms with Crippen molar-refractivity contribution in [3.05, 3.63) is 29.8 Å². The molecule has 3 nitrogen and oxygen atoms in total. The monoisotopic (exact) mass is 274 g/mol. The van der Waals surface area contributed by atoms with Crippen LogP contribution in [0.1, 0.15) is 45.1 Å². The van der Waals surface area contributed by atoms with E-state index in [-0.39, 0.29) is 11.3 Å². The molecule has 0 saturated heterocycles. The third-order valence-corrected chi connectivity index (χ3v) is 4.38. The third kappa shape index (κ3) is 3.21. The van der Waals surface area contributed by atoms with E-state index in [0.29, 0.717) is 12.5 Å². The summed E-state index contributed by atoms with van der Waals surface area (Å²) in [4.78, 5) is 12.4. The first-order chi connectivity index (χ1) is 9.59. The number of benzene rings is 1. The van der Waals surface area contributed by atoms with Crippen LogP contribution in [0.2, 0.25) is 0 Å². The first-order valence-electron chi connectivity index (χ1n) is 7.70. The molecule has 0 aromatic heterocycles. The van der Waals surface area contributed by atoms with Crippen molar-refractivity contribution in [2.45, 2.75) is 46.0 Å². The Morgan fingerprint density at radius 3 is 2.50 bits per heavy atom. The van der Waals surface area contributed by atoms with E-state index in [1.54, 1.807) is 0 Å². The zero-order chi connectivity index (χ0) is 14.6. The Morgan fingerprint density at radius 1 is 1.35 bits per heavy atom. The zero-order valence-electron chi connectivity index (χ0n) is 12.6. The molecular formula is C17H26N2O. The molecule has 3 heteroatoms. The topological polar surface area (TPSA) is 55.1 Å². The molecule has 0 unspecified atom stereocenters. The molecule has 20 heavy (non-hydrogen) atoms. The van der Waals surface area contributed by atoms with Crippen LogP contribution in [-0.2, 0) is 11.2 Å². The molecule has 1 aromatic carbocycles. The summed E-state index contributed by atoms with van der Waals surface area (Å²) >= 11 is 0. The smallest absolute Gasteiger partial charge is 0.231 e. The van der Waals surface area contributed by atoms with Gasteiger partial charge >= 0.3 is 0 Å². The van der Waals surface area contributed by atoms with Gasteiger partial charge in [0.05, 0.1) is 5.41 Å². The van der Waals surface area contributed by atoms with Gasteiger partial charge in [-0.15, -0.1) is 0 Å². The maximum Gasteiger partial charge on any atom is 0.231 e. The highest BCUT2D eigenvalue weighted by Gasteiger charge is 2.47. The highest BCUT2D eigenvalue weighted by atomic mass is 16.2. The molecule has 0 radical (unpaired) electrons. The number of rotatable bonds is 6. The van der Waals surface area contributed by atoms with Gasteiger partial charge in [0.2, 0.25) is 5.91 Å². The lowest BCUT2D eigenvalue weighted by Gasteiger charge is -2.44. The molecule has 1 saturated carbocycles. The number of hydrogen-bond acceptors (Lipinski definition) is 2. The van der Waals surface area contributed by atoms with Gasteiger partial charge < -0.3 is 11.1 Å². The van der Waals surface area contributed by atoms with Gasteiger partial charge in [0.1, 0.15) is 0 Å². The van der Waals surface area contributed by atoms with Crippen LogP contribution < -0.4 is 11.1 Å². The number of carbonyl (C=O) groups excluding carboxylic acids is 1.